The van der Waals surface area contributed by atoms with Gasteiger partial charge in [-0.15, -0.1) is 4.80 Å². The number of ether oxygens (including phenoxy) is 1. The molecule has 0 radical (unpaired) electrons. The van der Waals surface area contributed by atoms with Crippen LogP contribution >= 0.6 is 11.6 Å². The van der Waals surface area contributed by atoms with Crippen LogP contribution in [0.3, 0.4) is 0 Å². The van der Waals surface area contributed by atoms with Gasteiger partial charge in [0, 0.05) is 24.3 Å². The number of piperidine rings is 1. The highest BCUT2D eigenvalue weighted by molar-refractivity contribution is 6.30. The van der Waals surface area contributed by atoms with E-state index < -0.39 is 0 Å². The second-order valence-corrected chi connectivity index (χ2v) is 9.77. The molecule has 0 unspecified atom stereocenters. The standard InChI is InChI=1S/C16H14N6O2.C7H7ClN2O.C6H13N/c23-7-8-24-14-4-2-1-3-11(14)16-20-12-9-15(17-10-13(12)21-16)22-18-5-6-19-22;1-9-7(11)6-4-5(8)2-3-10-6;1-7-5-3-2-4-6-7/h1-6,9-10,23H,7-8H2,(H,20,21);2-4H,1H3,(H,9,11);2-6H2,1H3. The maximum atomic E-state index is 10.9. The number of aromatic nitrogens is 7. The molecule has 3 N–H and O–H groups in total. The van der Waals surface area contributed by atoms with Crippen molar-refractivity contribution < 1.29 is 14.6 Å². The average Bonchev–Trinajstić information content (AvgIpc) is 3.71. The van der Waals surface area contributed by atoms with E-state index in [0.717, 1.165) is 16.6 Å². The Morgan fingerprint density at radius 2 is 1.83 bits per heavy atom. The van der Waals surface area contributed by atoms with Crippen LogP contribution in [0.5, 0.6) is 5.75 Å². The Balaban J connectivity index is 0.000000185. The van der Waals surface area contributed by atoms with Gasteiger partial charge in [0.1, 0.15) is 23.9 Å². The van der Waals surface area contributed by atoms with E-state index in [0.29, 0.717) is 28.1 Å². The van der Waals surface area contributed by atoms with Gasteiger partial charge < -0.3 is 25.0 Å². The third-order valence-electron chi connectivity index (χ3n) is 6.23. The minimum Gasteiger partial charge on any atom is -0.490 e. The molecule has 220 valence electrons. The van der Waals surface area contributed by atoms with Crippen LogP contribution in [0.1, 0.15) is 29.8 Å². The first-order valence-corrected chi connectivity index (χ1v) is 13.9. The number of aliphatic hydroxyl groups excluding tert-OH is 1. The number of pyridine rings is 2. The number of imidazole rings is 1. The lowest BCUT2D eigenvalue weighted by atomic mass is 10.1. The minimum atomic E-state index is -0.229. The van der Waals surface area contributed by atoms with Crippen LogP contribution in [-0.4, -0.2) is 91.2 Å². The van der Waals surface area contributed by atoms with Crippen LogP contribution in [0.4, 0.5) is 0 Å². The summed E-state index contributed by atoms with van der Waals surface area (Å²) in [5.41, 5.74) is 2.71. The molecule has 0 atom stereocenters. The van der Waals surface area contributed by atoms with Crippen molar-refractivity contribution in [2.75, 3.05) is 40.4 Å². The molecule has 6 rings (SSSR count). The van der Waals surface area contributed by atoms with Gasteiger partial charge in [0.25, 0.3) is 5.91 Å². The van der Waals surface area contributed by atoms with Crippen LogP contribution in [0, 0.1) is 0 Å². The summed E-state index contributed by atoms with van der Waals surface area (Å²) in [4.78, 5) is 30.8. The molecule has 0 spiro atoms. The van der Waals surface area contributed by atoms with Gasteiger partial charge in [0.05, 0.1) is 41.8 Å². The first-order valence-electron chi connectivity index (χ1n) is 13.6. The van der Waals surface area contributed by atoms with E-state index in [4.69, 9.17) is 21.4 Å². The summed E-state index contributed by atoms with van der Waals surface area (Å²) in [6.45, 7) is 2.83. The molecule has 12 nitrogen and oxygen atoms in total. The first-order chi connectivity index (χ1) is 20.5. The number of carbonyl (C=O) groups is 1. The number of para-hydroxylation sites is 1. The van der Waals surface area contributed by atoms with Gasteiger partial charge in [-0.25, -0.2) is 9.97 Å². The van der Waals surface area contributed by atoms with Gasteiger partial charge in [-0.05, 0) is 57.2 Å². The zero-order chi connectivity index (χ0) is 29.7. The van der Waals surface area contributed by atoms with Crippen LogP contribution in [0.25, 0.3) is 28.2 Å². The Hall–Kier alpha value is -4.39. The van der Waals surface area contributed by atoms with Gasteiger partial charge in [-0.3, -0.25) is 9.78 Å². The number of halogens is 1. The van der Waals surface area contributed by atoms with Crippen molar-refractivity contribution in [1.29, 1.82) is 0 Å². The van der Waals surface area contributed by atoms with E-state index in [1.807, 2.05) is 30.3 Å². The van der Waals surface area contributed by atoms with Crippen molar-refractivity contribution in [3.05, 3.63) is 78.0 Å². The predicted octanol–water partition coefficient (Wildman–Crippen LogP) is 3.77. The van der Waals surface area contributed by atoms with E-state index in [2.05, 4.69) is 47.4 Å². The molecular weight excluding hydrogens is 558 g/mol. The number of aromatic amines is 1. The van der Waals surface area contributed by atoms with Gasteiger partial charge in [0.15, 0.2) is 5.82 Å². The van der Waals surface area contributed by atoms with Crippen molar-refractivity contribution >= 4 is 28.5 Å². The summed E-state index contributed by atoms with van der Waals surface area (Å²) in [5, 5.41) is 20.0. The number of hydrogen-bond acceptors (Lipinski definition) is 9. The monoisotopic (exact) mass is 591 g/mol. The summed E-state index contributed by atoms with van der Waals surface area (Å²) in [5.74, 6) is 1.70. The topological polar surface area (TPSA) is 147 Å². The van der Waals surface area contributed by atoms with Crippen LogP contribution in [0.15, 0.2) is 67.3 Å². The van der Waals surface area contributed by atoms with Gasteiger partial charge in [0.2, 0.25) is 0 Å². The molecule has 4 aromatic heterocycles. The Bertz CT molecular complexity index is 1550. The molecule has 1 amide bonds. The number of fused-ring (bicyclic) bond motifs is 1. The molecule has 42 heavy (non-hydrogen) atoms. The number of hydrogen-bond donors (Lipinski definition) is 3. The smallest absolute Gasteiger partial charge is 0.269 e. The Morgan fingerprint density at radius 3 is 2.50 bits per heavy atom. The van der Waals surface area contributed by atoms with E-state index in [9.17, 15) is 4.79 Å². The van der Waals surface area contributed by atoms with E-state index >= 15 is 0 Å². The summed E-state index contributed by atoms with van der Waals surface area (Å²) in [6, 6.07) is 12.5. The molecule has 1 aromatic carbocycles. The third kappa shape index (κ3) is 8.56. The zero-order valence-corrected chi connectivity index (χ0v) is 24.3. The van der Waals surface area contributed by atoms with Crippen LogP contribution in [0.2, 0.25) is 5.02 Å². The number of amides is 1. The van der Waals surface area contributed by atoms with E-state index in [-0.39, 0.29) is 19.1 Å². The molecule has 13 heteroatoms. The summed E-state index contributed by atoms with van der Waals surface area (Å²) < 4.78 is 5.57. The number of H-pyrrole nitrogens is 1. The SMILES string of the molecule is CN1CCCCC1.CNC(=O)c1cc(Cl)ccn1.OCCOc1ccccc1-c1nc2cc(-n3nccn3)ncc2[nH]1. The Morgan fingerprint density at radius 1 is 1.07 bits per heavy atom. The van der Waals surface area contributed by atoms with Crippen LogP contribution < -0.4 is 10.1 Å². The second kappa shape index (κ2) is 15.6. The first kappa shape index (κ1) is 30.6. The fourth-order valence-corrected chi connectivity index (χ4v) is 4.28. The van der Waals surface area contributed by atoms with Gasteiger partial charge in [-0.1, -0.05) is 30.2 Å². The average molecular weight is 592 g/mol. The van der Waals surface area contributed by atoms with Crippen molar-refractivity contribution in [1.82, 2.24) is 45.1 Å². The maximum Gasteiger partial charge on any atom is 0.269 e. The lowest BCUT2D eigenvalue weighted by Crippen LogP contribution is -2.24. The largest absolute Gasteiger partial charge is 0.490 e. The van der Waals surface area contributed by atoms with Crippen LogP contribution in [-0.2, 0) is 0 Å². The lowest BCUT2D eigenvalue weighted by Gasteiger charge is -2.20. The van der Waals surface area contributed by atoms with E-state index in [1.54, 1.807) is 31.7 Å². The Labute approximate surface area is 248 Å². The number of rotatable bonds is 6. The molecule has 1 aliphatic rings. The summed E-state index contributed by atoms with van der Waals surface area (Å²) in [6.07, 6.45) is 10.7. The number of nitrogens with one attached hydrogen (secondary N) is 2. The Kier molecular flexibility index (Phi) is 11.3. The second-order valence-electron chi connectivity index (χ2n) is 9.33. The highest BCUT2D eigenvalue weighted by atomic mass is 35.5. The predicted molar refractivity (Wildman–Crippen MR) is 161 cm³/mol. The van der Waals surface area contributed by atoms with Crippen molar-refractivity contribution in [2.24, 2.45) is 0 Å². The number of carbonyl (C=O) groups excluding carboxylic acids is 1. The highest BCUT2D eigenvalue weighted by Gasteiger charge is 2.12. The third-order valence-corrected chi connectivity index (χ3v) is 6.46. The fourth-order valence-electron chi connectivity index (χ4n) is 4.12. The van der Waals surface area contributed by atoms with Crippen molar-refractivity contribution in [2.45, 2.75) is 19.3 Å². The molecule has 1 saturated heterocycles. The number of nitrogens with zero attached hydrogens (tertiary/aromatic N) is 7. The molecule has 1 fully saturated rings. The number of benzene rings is 1. The molecule has 5 aromatic rings. The zero-order valence-electron chi connectivity index (χ0n) is 23.6. The summed E-state index contributed by atoms with van der Waals surface area (Å²) in [7, 11) is 3.74. The lowest BCUT2D eigenvalue weighted by molar-refractivity contribution is 0.0958. The molecule has 0 saturated carbocycles. The van der Waals surface area contributed by atoms with Crippen molar-refractivity contribution in [3.8, 4) is 23.0 Å². The molecule has 5 heterocycles. The van der Waals surface area contributed by atoms with E-state index in [1.165, 1.54) is 49.4 Å². The van der Waals surface area contributed by atoms with Gasteiger partial charge >= 0.3 is 0 Å². The quantitative estimate of drug-likeness (QED) is 0.268. The van der Waals surface area contributed by atoms with Gasteiger partial charge in [-0.2, -0.15) is 10.2 Å². The number of likely N-dealkylation sites (tertiary alicyclic amines) is 1. The summed E-state index contributed by atoms with van der Waals surface area (Å²) >= 11 is 5.63. The number of aliphatic hydroxyl groups is 1. The van der Waals surface area contributed by atoms with Crippen molar-refractivity contribution in [3.63, 3.8) is 0 Å². The maximum absolute atomic E-state index is 10.9. The molecular formula is C29H34ClN9O3. The molecule has 0 aliphatic carbocycles. The minimum absolute atomic E-state index is 0.0430. The highest BCUT2D eigenvalue weighted by Crippen LogP contribution is 2.29. The fraction of sp³-hybridized carbons (Fsp3) is 0.310. The molecule has 1 aliphatic heterocycles. The molecule has 0 bridgehead atoms. The normalized spacial score (nSPS) is 13.0.